The molecule has 2 N–H and O–H groups in total. The standard InChI is InChI=1S/C9H19NOS/c1-9(7-10,11-2)8-3-5-12-6-4-8/h8H,3-7,10H2,1-2H3. The molecule has 0 aliphatic carbocycles. The van der Waals surface area contributed by atoms with Crippen molar-refractivity contribution in [3.8, 4) is 0 Å². The van der Waals surface area contributed by atoms with Crippen LogP contribution in [0.4, 0.5) is 0 Å². The summed E-state index contributed by atoms with van der Waals surface area (Å²) in [4.78, 5) is 0. The number of ether oxygens (including phenoxy) is 1. The molecule has 0 aromatic carbocycles. The number of nitrogens with two attached hydrogens (primary N) is 1. The molecular formula is C9H19NOS. The van der Waals surface area contributed by atoms with E-state index in [4.69, 9.17) is 10.5 Å². The van der Waals surface area contributed by atoms with Gasteiger partial charge in [0.25, 0.3) is 0 Å². The lowest BCUT2D eigenvalue weighted by Gasteiger charge is -2.37. The average molecular weight is 189 g/mol. The van der Waals surface area contributed by atoms with E-state index in [2.05, 4.69) is 6.92 Å². The molecule has 12 heavy (non-hydrogen) atoms. The van der Waals surface area contributed by atoms with Crippen LogP contribution in [-0.4, -0.2) is 30.8 Å². The van der Waals surface area contributed by atoms with E-state index in [0.717, 1.165) is 0 Å². The Morgan fingerprint density at radius 3 is 2.50 bits per heavy atom. The second kappa shape index (κ2) is 4.49. The first-order chi connectivity index (χ1) is 5.73. The van der Waals surface area contributed by atoms with E-state index in [1.165, 1.54) is 24.3 Å². The van der Waals surface area contributed by atoms with Gasteiger partial charge in [-0.25, -0.2) is 0 Å². The van der Waals surface area contributed by atoms with Crippen LogP contribution in [0.1, 0.15) is 19.8 Å². The van der Waals surface area contributed by atoms with Crippen LogP contribution in [-0.2, 0) is 4.74 Å². The SMILES string of the molecule is COC(C)(CN)C1CCSCC1. The summed E-state index contributed by atoms with van der Waals surface area (Å²) < 4.78 is 5.49. The lowest BCUT2D eigenvalue weighted by atomic mass is 9.84. The van der Waals surface area contributed by atoms with Crippen molar-refractivity contribution in [2.45, 2.75) is 25.4 Å². The van der Waals surface area contributed by atoms with Crippen LogP contribution < -0.4 is 5.73 Å². The van der Waals surface area contributed by atoms with Crippen molar-refractivity contribution < 1.29 is 4.74 Å². The highest BCUT2D eigenvalue weighted by molar-refractivity contribution is 7.99. The molecule has 3 heteroatoms. The molecule has 72 valence electrons. The first-order valence-corrected chi connectivity index (χ1v) is 5.71. The predicted octanol–water partition coefficient (Wildman–Crippen LogP) is 1.49. The van der Waals surface area contributed by atoms with Crippen molar-refractivity contribution in [3.05, 3.63) is 0 Å². The zero-order chi connectivity index (χ0) is 9.03. The molecule has 0 aromatic rings. The van der Waals surface area contributed by atoms with E-state index in [0.29, 0.717) is 12.5 Å². The van der Waals surface area contributed by atoms with Gasteiger partial charge in [0.1, 0.15) is 0 Å². The fraction of sp³-hybridized carbons (Fsp3) is 1.00. The van der Waals surface area contributed by atoms with E-state index >= 15 is 0 Å². The summed E-state index contributed by atoms with van der Waals surface area (Å²) in [5.74, 6) is 3.20. The summed E-state index contributed by atoms with van der Waals surface area (Å²) in [6.45, 7) is 2.77. The normalized spacial score (nSPS) is 25.2. The second-order valence-corrected chi connectivity index (χ2v) is 4.83. The highest BCUT2D eigenvalue weighted by Gasteiger charge is 2.33. The van der Waals surface area contributed by atoms with E-state index in [1.54, 1.807) is 7.11 Å². The van der Waals surface area contributed by atoms with Crippen molar-refractivity contribution in [2.24, 2.45) is 11.7 Å². The fourth-order valence-corrected chi connectivity index (χ4v) is 2.83. The van der Waals surface area contributed by atoms with Gasteiger partial charge in [-0.3, -0.25) is 0 Å². The smallest absolute Gasteiger partial charge is 0.0800 e. The molecule has 0 bridgehead atoms. The van der Waals surface area contributed by atoms with Crippen molar-refractivity contribution in [1.82, 2.24) is 0 Å². The minimum Gasteiger partial charge on any atom is -0.377 e. The Bertz CT molecular complexity index is 130. The molecule has 0 radical (unpaired) electrons. The second-order valence-electron chi connectivity index (χ2n) is 3.61. The number of hydrogen-bond acceptors (Lipinski definition) is 3. The van der Waals surface area contributed by atoms with Crippen molar-refractivity contribution in [3.63, 3.8) is 0 Å². The number of thioether (sulfide) groups is 1. The molecule has 1 atom stereocenters. The van der Waals surface area contributed by atoms with Crippen molar-refractivity contribution >= 4 is 11.8 Å². The molecule has 1 aliphatic rings. The maximum Gasteiger partial charge on any atom is 0.0800 e. The lowest BCUT2D eigenvalue weighted by molar-refractivity contribution is -0.0385. The molecule has 0 spiro atoms. The number of rotatable bonds is 3. The lowest BCUT2D eigenvalue weighted by Crippen LogP contribution is -2.45. The van der Waals surface area contributed by atoms with Crippen molar-refractivity contribution in [1.29, 1.82) is 0 Å². The van der Waals surface area contributed by atoms with Gasteiger partial charge in [0.15, 0.2) is 0 Å². The quantitative estimate of drug-likeness (QED) is 0.730. The third-order valence-electron chi connectivity index (χ3n) is 2.96. The van der Waals surface area contributed by atoms with Crippen LogP contribution in [0, 0.1) is 5.92 Å². The molecule has 0 amide bonds. The van der Waals surface area contributed by atoms with Gasteiger partial charge in [-0.1, -0.05) is 0 Å². The first kappa shape index (κ1) is 10.4. The summed E-state index contributed by atoms with van der Waals surface area (Å²) >= 11 is 2.04. The van der Waals surface area contributed by atoms with Crippen LogP contribution in [0.25, 0.3) is 0 Å². The minimum atomic E-state index is -0.0824. The Morgan fingerprint density at radius 2 is 2.08 bits per heavy atom. The van der Waals surface area contributed by atoms with Crippen LogP contribution in [0.3, 0.4) is 0 Å². The summed E-state index contributed by atoms with van der Waals surface area (Å²) in [6.07, 6.45) is 2.51. The Labute approximate surface area is 79.2 Å². The summed E-state index contributed by atoms with van der Waals surface area (Å²) in [6, 6.07) is 0. The van der Waals surface area contributed by atoms with Crippen LogP contribution in [0.15, 0.2) is 0 Å². The highest BCUT2D eigenvalue weighted by Crippen LogP contribution is 2.32. The zero-order valence-electron chi connectivity index (χ0n) is 8.01. The van der Waals surface area contributed by atoms with E-state index in [1.807, 2.05) is 11.8 Å². The maximum absolute atomic E-state index is 5.72. The highest BCUT2D eigenvalue weighted by atomic mass is 32.2. The van der Waals surface area contributed by atoms with Crippen LogP contribution >= 0.6 is 11.8 Å². The third-order valence-corrected chi connectivity index (χ3v) is 4.01. The molecular weight excluding hydrogens is 170 g/mol. The molecule has 1 fully saturated rings. The Kier molecular flexibility index (Phi) is 3.87. The minimum absolute atomic E-state index is 0.0824. The van der Waals surface area contributed by atoms with Gasteiger partial charge < -0.3 is 10.5 Å². The van der Waals surface area contributed by atoms with Gasteiger partial charge in [-0.05, 0) is 37.2 Å². The van der Waals surface area contributed by atoms with Gasteiger partial charge in [0.05, 0.1) is 5.60 Å². The summed E-state index contributed by atoms with van der Waals surface area (Å²) in [7, 11) is 1.77. The topological polar surface area (TPSA) is 35.2 Å². The summed E-state index contributed by atoms with van der Waals surface area (Å²) in [5, 5.41) is 0. The molecule has 1 heterocycles. The van der Waals surface area contributed by atoms with Gasteiger partial charge in [0, 0.05) is 13.7 Å². The van der Waals surface area contributed by atoms with Crippen LogP contribution in [0.2, 0.25) is 0 Å². The van der Waals surface area contributed by atoms with E-state index in [-0.39, 0.29) is 5.60 Å². The van der Waals surface area contributed by atoms with Gasteiger partial charge in [0.2, 0.25) is 0 Å². The Balaban J connectivity index is 2.51. The average Bonchev–Trinajstić information content (AvgIpc) is 2.18. The van der Waals surface area contributed by atoms with E-state index < -0.39 is 0 Å². The van der Waals surface area contributed by atoms with Crippen molar-refractivity contribution in [2.75, 3.05) is 25.2 Å². The molecule has 1 aliphatic heterocycles. The molecule has 2 nitrogen and oxygen atoms in total. The van der Waals surface area contributed by atoms with Crippen LogP contribution in [0.5, 0.6) is 0 Å². The maximum atomic E-state index is 5.72. The largest absolute Gasteiger partial charge is 0.377 e. The zero-order valence-corrected chi connectivity index (χ0v) is 8.82. The van der Waals surface area contributed by atoms with Gasteiger partial charge >= 0.3 is 0 Å². The van der Waals surface area contributed by atoms with Gasteiger partial charge in [-0.2, -0.15) is 11.8 Å². The predicted molar refractivity (Wildman–Crippen MR) is 54.5 cm³/mol. The monoisotopic (exact) mass is 189 g/mol. The molecule has 0 saturated carbocycles. The molecule has 0 aromatic heterocycles. The van der Waals surface area contributed by atoms with Gasteiger partial charge in [-0.15, -0.1) is 0 Å². The first-order valence-electron chi connectivity index (χ1n) is 4.56. The number of hydrogen-bond donors (Lipinski definition) is 1. The molecule has 1 rings (SSSR count). The molecule has 1 unspecified atom stereocenters. The third kappa shape index (κ3) is 2.15. The van der Waals surface area contributed by atoms with E-state index in [9.17, 15) is 0 Å². The fourth-order valence-electron chi connectivity index (χ4n) is 1.72. The Morgan fingerprint density at radius 1 is 1.50 bits per heavy atom. The summed E-state index contributed by atoms with van der Waals surface area (Å²) in [5.41, 5.74) is 5.63. The number of methoxy groups -OCH3 is 1. The molecule has 1 saturated heterocycles. The Hall–Kier alpha value is 0.270.